The second-order valence-electron chi connectivity index (χ2n) is 4.10. The van der Waals surface area contributed by atoms with Crippen molar-refractivity contribution in [2.75, 3.05) is 6.61 Å². The van der Waals surface area contributed by atoms with E-state index >= 15 is 0 Å². The Balaban J connectivity index is 2.10. The quantitative estimate of drug-likeness (QED) is 0.610. The summed E-state index contributed by atoms with van der Waals surface area (Å²) in [6.45, 7) is 6.00. The maximum Gasteiger partial charge on any atom is 0.0716 e. The molecule has 84 valence electrons. The summed E-state index contributed by atoms with van der Waals surface area (Å²) in [6, 6.07) is 8.51. The van der Waals surface area contributed by atoms with E-state index in [0.717, 1.165) is 13.2 Å². The van der Waals surface area contributed by atoms with Gasteiger partial charge in [0, 0.05) is 6.61 Å². The van der Waals surface area contributed by atoms with Gasteiger partial charge in [0.2, 0.25) is 0 Å². The second kappa shape index (κ2) is 7.47. The monoisotopic (exact) mass is 206 g/mol. The molecule has 0 saturated carbocycles. The summed E-state index contributed by atoms with van der Waals surface area (Å²) in [6.07, 6.45) is 5.11. The molecule has 0 heterocycles. The molecule has 0 bridgehead atoms. The Morgan fingerprint density at radius 2 is 2.00 bits per heavy atom. The predicted molar refractivity (Wildman–Crippen MR) is 65.0 cm³/mol. The van der Waals surface area contributed by atoms with E-state index in [-0.39, 0.29) is 0 Å². The van der Waals surface area contributed by atoms with E-state index in [2.05, 4.69) is 38.1 Å². The molecule has 1 rings (SSSR count). The zero-order valence-electron chi connectivity index (χ0n) is 9.96. The van der Waals surface area contributed by atoms with Crippen LogP contribution in [0, 0.1) is 6.92 Å². The summed E-state index contributed by atoms with van der Waals surface area (Å²) < 4.78 is 5.62. The minimum absolute atomic E-state index is 0.758. The topological polar surface area (TPSA) is 9.23 Å². The molecule has 0 amide bonds. The average Bonchev–Trinajstić information content (AvgIpc) is 2.23. The van der Waals surface area contributed by atoms with E-state index in [1.165, 1.54) is 36.8 Å². The lowest BCUT2D eigenvalue weighted by Crippen LogP contribution is -1.95. The van der Waals surface area contributed by atoms with Crippen LogP contribution in [0.1, 0.15) is 43.7 Å². The van der Waals surface area contributed by atoms with Gasteiger partial charge in [-0.05, 0) is 18.9 Å². The highest BCUT2D eigenvalue weighted by Crippen LogP contribution is 2.06. The van der Waals surface area contributed by atoms with Crippen LogP contribution in [0.2, 0.25) is 0 Å². The van der Waals surface area contributed by atoms with E-state index in [4.69, 9.17) is 4.74 Å². The number of unbranched alkanes of at least 4 members (excludes halogenated alkanes) is 3. The molecular weight excluding hydrogens is 184 g/mol. The molecule has 0 radical (unpaired) electrons. The highest BCUT2D eigenvalue weighted by molar-refractivity contribution is 5.21. The first-order chi connectivity index (χ1) is 7.33. The summed E-state index contributed by atoms with van der Waals surface area (Å²) in [5.41, 5.74) is 2.59. The number of aryl methyl sites for hydroxylation is 1. The Hall–Kier alpha value is -0.820. The Bertz CT molecular complexity index is 268. The number of hydrogen-bond acceptors (Lipinski definition) is 1. The molecule has 1 aromatic rings. The SMILES string of the molecule is CCCCCCOCc1cccc(C)c1. The van der Waals surface area contributed by atoms with Crippen molar-refractivity contribution in [2.24, 2.45) is 0 Å². The van der Waals surface area contributed by atoms with Gasteiger partial charge in [-0.25, -0.2) is 0 Å². The molecule has 0 aromatic heterocycles. The maximum atomic E-state index is 5.62. The Morgan fingerprint density at radius 3 is 2.73 bits per heavy atom. The first-order valence-corrected chi connectivity index (χ1v) is 5.96. The smallest absolute Gasteiger partial charge is 0.0716 e. The third kappa shape index (κ3) is 5.58. The third-order valence-corrected chi connectivity index (χ3v) is 2.49. The van der Waals surface area contributed by atoms with E-state index in [9.17, 15) is 0 Å². The molecule has 0 aliphatic carbocycles. The summed E-state index contributed by atoms with van der Waals surface area (Å²) in [5.74, 6) is 0. The lowest BCUT2D eigenvalue weighted by Gasteiger charge is -2.04. The van der Waals surface area contributed by atoms with Crippen molar-refractivity contribution in [1.29, 1.82) is 0 Å². The summed E-state index contributed by atoms with van der Waals surface area (Å²) in [4.78, 5) is 0. The molecule has 0 spiro atoms. The van der Waals surface area contributed by atoms with Gasteiger partial charge < -0.3 is 4.74 Å². The Labute approximate surface area is 93.5 Å². The zero-order valence-corrected chi connectivity index (χ0v) is 9.96. The van der Waals surface area contributed by atoms with E-state index in [1.807, 2.05) is 0 Å². The van der Waals surface area contributed by atoms with Crippen molar-refractivity contribution in [1.82, 2.24) is 0 Å². The van der Waals surface area contributed by atoms with Gasteiger partial charge in [-0.15, -0.1) is 0 Å². The van der Waals surface area contributed by atoms with Crippen LogP contribution in [-0.2, 0) is 11.3 Å². The highest BCUT2D eigenvalue weighted by atomic mass is 16.5. The van der Waals surface area contributed by atoms with Crippen molar-refractivity contribution < 1.29 is 4.74 Å². The average molecular weight is 206 g/mol. The first kappa shape index (κ1) is 12.3. The summed E-state index contributed by atoms with van der Waals surface area (Å²) in [7, 11) is 0. The van der Waals surface area contributed by atoms with Crippen LogP contribution in [0.25, 0.3) is 0 Å². The molecule has 0 N–H and O–H groups in total. The van der Waals surface area contributed by atoms with Crippen LogP contribution >= 0.6 is 0 Å². The first-order valence-electron chi connectivity index (χ1n) is 5.96. The molecule has 1 aromatic carbocycles. The summed E-state index contributed by atoms with van der Waals surface area (Å²) in [5, 5.41) is 0. The molecule has 0 saturated heterocycles. The van der Waals surface area contributed by atoms with Crippen molar-refractivity contribution in [2.45, 2.75) is 46.1 Å². The fraction of sp³-hybridized carbons (Fsp3) is 0.571. The lowest BCUT2D eigenvalue weighted by molar-refractivity contribution is 0.117. The van der Waals surface area contributed by atoms with Crippen LogP contribution in [-0.4, -0.2) is 6.61 Å². The maximum absolute atomic E-state index is 5.62. The molecule has 15 heavy (non-hydrogen) atoms. The van der Waals surface area contributed by atoms with Crippen molar-refractivity contribution in [3.05, 3.63) is 35.4 Å². The van der Waals surface area contributed by atoms with Crippen LogP contribution in [0.5, 0.6) is 0 Å². The number of benzene rings is 1. The van der Waals surface area contributed by atoms with Gasteiger partial charge in [0.1, 0.15) is 0 Å². The van der Waals surface area contributed by atoms with Gasteiger partial charge in [-0.3, -0.25) is 0 Å². The van der Waals surface area contributed by atoms with E-state index in [1.54, 1.807) is 0 Å². The van der Waals surface area contributed by atoms with Gasteiger partial charge >= 0.3 is 0 Å². The second-order valence-corrected chi connectivity index (χ2v) is 4.10. The van der Waals surface area contributed by atoms with Gasteiger partial charge in [-0.1, -0.05) is 56.0 Å². The highest BCUT2D eigenvalue weighted by Gasteiger charge is 1.93. The number of rotatable bonds is 7. The number of ether oxygens (including phenoxy) is 1. The Morgan fingerprint density at radius 1 is 1.13 bits per heavy atom. The zero-order chi connectivity index (χ0) is 10.9. The van der Waals surface area contributed by atoms with Crippen LogP contribution in [0.4, 0.5) is 0 Å². The summed E-state index contributed by atoms with van der Waals surface area (Å²) >= 11 is 0. The standard InChI is InChI=1S/C14H22O/c1-3-4-5-6-10-15-12-14-9-7-8-13(2)11-14/h7-9,11H,3-6,10,12H2,1-2H3. The molecule has 0 fully saturated rings. The lowest BCUT2D eigenvalue weighted by atomic mass is 10.1. The van der Waals surface area contributed by atoms with Crippen LogP contribution in [0.15, 0.2) is 24.3 Å². The van der Waals surface area contributed by atoms with Crippen LogP contribution in [0.3, 0.4) is 0 Å². The molecular formula is C14H22O. The predicted octanol–water partition coefficient (Wildman–Crippen LogP) is 4.09. The van der Waals surface area contributed by atoms with Crippen molar-refractivity contribution in [3.8, 4) is 0 Å². The number of hydrogen-bond donors (Lipinski definition) is 0. The molecule has 0 unspecified atom stereocenters. The van der Waals surface area contributed by atoms with E-state index in [0.29, 0.717) is 0 Å². The third-order valence-electron chi connectivity index (χ3n) is 2.49. The largest absolute Gasteiger partial charge is 0.377 e. The van der Waals surface area contributed by atoms with Crippen molar-refractivity contribution in [3.63, 3.8) is 0 Å². The fourth-order valence-electron chi connectivity index (χ4n) is 1.62. The van der Waals surface area contributed by atoms with Gasteiger partial charge in [-0.2, -0.15) is 0 Å². The van der Waals surface area contributed by atoms with Gasteiger partial charge in [0.05, 0.1) is 6.61 Å². The molecule has 0 atom stereocenters. The van der Waals surface area contributed by atoms with E-state index < -0.39 is 0 Å². The molecule has 1 nitrogen and oxygen atoms in total. The molecule has 1 heteroatoms. The van der Waals surface area contributed by atoms with Gasteiger partial charge in [0.15, 0.2) is 0 Å². The minimum atomic E-state index is 0.758. The minimum Gasteiger partial charge on any atom is -0.377 e. The fourth-order valence-corrected chi connectivity index (χ4v) is 1.62. The van der Waals surface area contributed by atoms with Crippen LogP contribution < -0.4 is 0 Å². The normalized spacial score (nSPS) is 10.5. The molecule has 0 aliphatic heterocycles. The molecule has 0 aliphatic rings. The van der Waals surface area contributed by atoms with Gasteiger partial charge in [0.25, 0.3) is 0 Å². The Kier molecular flexibility index (Phi) is 6.10. The van der Waals surface area contributed by atoms with Crippen molar-refractivity contribution >= 4 is 0 Å².